The molecular formula is C29H26FN7O2. The van der Waals surface area contributed by atoms with Crippen LogP contribution < -0.4 is 14.8 Å². The van der Waals surface area contributed by atoms with Gasteiger partial charge in [0, 0.05) is 48.1 Å². The smallest absolute Gasteiger partial charge is 0.318 e. The summed E-state index contributed by atoms with van der Waals surface area (Å²) < 4.78 is 29.1. The Hall–Kier alpha value is -4.36. The lowest BCUT2D eigenvalue weighted by Crippen LogP contribution is -2.32. The number of hydrogen-bond donors (Lipinski definition) is 1. The van der Waals surface area contributed by atoms with Crippen molar-refractivity contribution in [1.29, 1.82) is 5.26 Å². The van der Waals surface area contributed by atoms with Crippen LogP contribution in [0, 0.1) is 24.1 Å². The molecule has 0 amide bonds. The van der Waals surface area contributed by atoms with E-state index < -0.39 is 0 Å². The topological polar surface area (TPSA) is 111 Å². The first-order chi connectivity index (χ1) is 18.9. The van der Waals surface area contributed by atoms with Crippen molar-refractivity contribution in [3.05, 3.63) is 70.9 Å². The second-order valence-corrected chi connectivity index (χ2v) is 10.5. The van der Waals surface area contributed by atoms with E-state index >= 15 is 4.39 Å². The van der Waals surface area contributed by atoms with Crippen LogP contribution in [0.2, 0.25) is 0 Å². The van der Waals surface area contributed by atoms with E-state index in [4.69, 9.17) is 14.5 Å². The molecule has 3 aromatic heterocycles. The van der Waals surface area contributed by atoms with Gasteiger partial charge in [-0.3, -0.25) is 4.98 Å². The standard InChI is InChI=1S/C29H26FN7O2/c1-16-25-27(36-28(33-16)38-2)37(26(35-25)19-7-17(12-31)13-32-14-19)15-18-3-6-23(9-24(18)30)39-29-10-20(29)8-21-4-5-22(11-29)34-21/h3,6-7,9-10,13-14,21-22,34H,4-5,8,11,15H2,1-2H3. The number of nitrogens with one attached hydrogen (secondary N) is 1. The second kappa shape index (κ2) is 8.85. The molecule has 1 aromatic carbocycles. The fraction of sp³-hybridized carbons (Fsp3) is 0.345. The SMILES string of the molecule is COc1nc(C)c2nc(-c3cncc(C#N)c3)n(Cc3ccc(OC45C=C4CC4CCC(C5)N4)cc3F)c2n1. The Morgan fingerprint density at radius 1 is 1.18 bits per heavy atom. The van der Waals surface area contributed by atoms with Gasteiger partial charge in [0.05, 0.1) is 24.9 Å². The number of nitriles is 1. The highest BCUT2D eigenvalue weighted by molar-refractivity contribution is 5.79. The van der Waals surface area contributed by atoms with Crippen LogP contribution in [0.3, 0.4) is 0 Å². The molecule has 2 aliphatic heterocycles. The lowest BCUT2D eigenvalue weighted by Gasteiger charge is -2.23. The quantitative estimate of drug-likeness (QED) is 0.374. The zero-order valence-corrected chi connectivity index (χ0v) is 21.6. The summed E-state index contributed by atoms with van der Waals surface area (Å²) in [5.41, 5.74) is 4.10. The van der Waals surface area contributed by atoms with Gasteiger partial charge in [-0.1, -0.05) is 6.07 Å². The molecule has 2 bridgehead atoms. The fourth-order valence-electron chi connectivity index (χ4n) is 5.96. The molecule has 3 aliphatic rings. The molecule has 2 fully saturated rings. The molecule has 5 heterocycles. The van der Waals surface area contributed by atoms with E-state index in [1.165, 1.54) is 31.4 Å². The molecule has 3 unspecified atom stereocenters. The van der Waals surface area contributed by atoms with Crippen molar-refractivity contribution in [2.45, 2.75) is 56.8 Å². The van der Waals surface area contributed by atoms with Crippen LogP contribution in [0.5, 0.6) is 11.8 Å². The summed E-state index contributed by atoms with van der Waals surface area (Å²) in [6, 6.07) is 10.0. The Bertz CT molecular complexity index is 1710. The van der Waals surface area contributed by atoms with Crippen LogP contribution in [0.15, 0.2) is 48.3 Å². The van der Waals surface area contributed by atoms with E-state index in [1.807, 2.05) is 13.0 Å². The third-order valence-electron chi connectivity index (χ3n) is 7.93. The maximum atomic E-state index is 15.6. The van der Waals surface area contributed by atoms with E-state index in [0.29, 0.717) is 57.2 Å². The Kier molecular flexibility index (Phi) is 5.39. The normalized spacial score (nSPS) is 23.1. The molecule has 4 aromatic rings. The highest BCUT2D eigenvalue weighted by atomic mass is 19.1. The summed E-state index contributed by atoms with van der Waals surface area (Å²) in [5, 5.41) is 13.1. The van der Waals surface area contributed by atoms with Crippen molar-refractivity contribution >= 4 is 11.2 Å². The van der Waals surface area contributed by atoms with E-state index in [2.05, 4.69) is 32.4 Å². The number of aromatic nitrogens is 5. The van der Waals surface area contributed by atoms with E-state index in [9.17, 15) is 5.26 Å². The molecule has 9 nitrogen and oxygen atoms in total. The third-order valence-corrected chi connectivity index (χ3v) is 7.93. The van der Waals surface area contributed by atoms with Gasteiger partial charge < -0.3 is 19.4 Å². The van der Waals surface area contributed by atoms with Crippen LogP contribution in [0.1, 0.15) is 42.5 Å². The molecule has 3 atom stereocenters. The number of fused-ring (bicyclic) bond motifs is 4. The van der Waals surface area contributed by atoms with Crippen LogP contribution in [-0.2, 0) is 6.54 Å². The predicted molar refractivity (Wildman–Crippen MR) is 141 cm³/mol. The number of nitrogens with zero attached hydrogens (tertiary/aromatic N) is 6. The molecular weight excluding hydrogens is 497 g/mol. The Morgan fingerprint density at radius 3 is 2.87 bits per heavy atom. The average molecular weight is 524 g/mol. The van der Waals surface area contributed by atoms with Gasteiger partial charge in [-0.25, -0.2) is 9.37 Å². The lowest BCUT2D eigenvalue weighted by atomic mass is 9.97. The lowest BCUT2D eigenvalue weighted by molar-refractivity contribution is 0.175. The molecule has 0 saturated carbocycles. The molecule has 10 heteroatoms. The number of hydrogen-bond acceptors (Lipinski definition) is 8. The minimum atomic E-state index is -0.381. The van der Waals surface area contributed by atoms with Crippen molar-refractivity contribution in [2.75, 3.05) is 7.11 Å². The minimum Gasteiger partial charge on any atom is -0.479 e. The van der Waals surface area contributed by atoms with Gasteiger partial charge in [0.15, 0.2) is 11.2 Å². The van der Waals surface area contributed by atoms with E-state index in [1.54, 1.807) is 22.9 Å². The fourth-order valence-corrected chi connectivity index (χ4v) is 5.96. The van der Waals surface area contributed by atoms with Gasteiger partial charge >= 0.3 is 6.01 Å². The van der Waals surface area contributed by atoms with E-state index in [-0.39, 0.29) is 24.0 Å². The van der Waals surface area contributed by atoms with Gasteiger partial charge in [-0.15, -0.1) is 0 Å². The summed E-state index contributed by atoms with van der Waals surface area (Å²) in [5.74, 6) is 0.641. The molecule has 0 spiro atoms. The van der Waals surface area contributed by atoms with Gasteiger partial charge in [0.25, 0.3) is 0 Å². The van der Waals surface area contributed by atoms with Crippen LogP contribution >= 0.6 is 0 Å². The number of rotatable bonds is 6. The summed E-state index contributed by atoms with van der Waals surface area (Å²) in [6.07, 6.45) is 9.57. The summed E-state index contributed by atoms with van der Waals surface area (Å²) in [6.45, 7) is 1.97. The minimum absolute atomic E-state index is 0.149. The molecule has 1 N–H and O–H groups in total. The molecule has 196 valence electrons. The van der Waals surface area contributed by atoms with Crippen molar-refractivity contribution in [1.82, 2.24) is 29.8 Å². The zero-order chi connectivity index (χ0) is 26.7. The number of pyridine rings is 1. The van der Waals surface area contributed by atoms with Crippen molar-refractivity contribution < 1.29 is 13.9 Å². The first-order valence-corrected chi connectivity index (χ1v) is 13.0. The summed E-state index contributed by atoms with van der Waals surface area (Å²) in [7, 11) is 1.50. The van der Waals surface area contributed by atoms with Crippen molar-refractivity contribution in [2.24, 2.45) is 0 Å². The molecule has 39 heavy (non-hydrogen) atoms. The maximum Gasteiger partial charge on any atom is 0.318 e. The van der Waals surface area contributed by atoms with E-state index in [0.717, 1.165) is 19.3 Å². The number of imidazole rings is 1. The molecule has 0 radical (unpaired) electrons. The molecule has 2 saturated heterocycles. The molecule has 7 rings (SSSR count). The van der Waals surface area contributed by atoms with Crippen molar-refractivity contribution in [3.8, 4) is 29.2 Å². The van der Waals surface area contributed by atoms with Crippen molar-refractivity contribution in [3.63, 3.8) is 0 Å². The number of aryl methyl sites for hydroxylation is 1. The number of methoxy groups -OCH3 is 1. The number of halogens is 1. The highest BCUT2D eigenvalue weighted by Gasteiger charge is 2.52. The Balaban J connectivity index is 1.23. The highest BCUT2D eigenvalue weighted by Crippen LogP contribution is 2.49. The second-order valence-electron chi connectivity index (χ2n) is 10.5. The van der Waals surface area contributed by atoms with Gasteiger partial charge in [0.2, 0.25) is 0 Å². The van der Waals surface area contributed by atoms with Crippen LogP contribution in [-0.4, -0.2) is 49.3 Å². The summed E-state index contributed by atoms with van der Waals surface area (Å²) >= 11 is 0. The average Bonchev–Trinajstić information content (AvgIpc) is 3.23. The van der Waals surface area contributed by atoms with Gasteiger partial charge in [0.1, 0.15) is 29.0 Å². The zero-order valence-electron chi connectivity index (χ0n) is 21.6. The maximum absolute atomic E-state index is 15.6. The van der Waals surface area contributed by atoms with Gasteiger partial charge in [-0.05, 0) is 50.0 Å². The number of ether oxygens (including phenoxy) is 2. The largest absolute Gasteiger partial charge is 0.479 e. The number of benzene rings is 1. The Labute approximate surface area is 224 Å². The van der Waals surface area contributed by atoms with Gasteiger partial charge in [-0.2, -0.15) is 15.2 Å². The molecule has 1 aliphatic carbocycles. The van der Waals surface area contributed by atoms with Crippen LogP contribution in [0.4, 0.5) is 4.39 Å². The Morgan fingerprint density at radius 2 is 2.05 bits per heavy atom. The van der Waals surface area contributed by atoms with Crippen LogP contribution in [0.25, 0.3) is 22.6 Å². The summed E-state index contributed by atoms with van der Waals surface area (Å²) in [4.78, 5) is 17.8. The first kappa shape index (κ1) is 23.7. The predicted octanol–water partition coefficient (Wildman–Crippen LogP) is 4.24. The third kappa shape index (κ3) is 4.10. The monoisotopic (exact) mass is 523 g/mol. The first-order valence-electron chi connectivity index (χ1n) is 13.0.